The minimum absolute atomic E-state index is 0.148. The molecule has 2 aromatic heterocycles. The van der Waals surface area contributed by atoms with Crippen LogP contribution >= 0.6 is 11.6 Å². The summed E-state index contributed by atoms with van der Waals surface area (Å²) in [7, 11) is 0. The summed E-state index contributed by atoms with van der Waals surface area (Å²) in [6.07, 6.45) is 6.63. The van der Waals surface area contributed by atoms with Crippen LogP contribution in [0.25, 0.3) is 11.2 Å². The molecule has 5 nitrogen and oxygen atoms in total. The Morgan fingerprint density at radius 1 is 1.50 bits per heavy atom. The Morgan fingerprint density at radius 3 is 3.00 bits per heavy atom. The van der Waals surface area contributed by atoms with Crippen molar-refractivity contribution in [1.29, 1.82) is 0 Å². The van der Waals surface area contributed by atoms with Crippen molar-refractivity contribution >= 4 is 22.8 Å². The van der Waals surface area contributed by atoms with E-state index < -0.39 is 0 Å². The van der Waals surface area contributed by atoms with Crippen molar-refractivity contribution in [3.63, 3.8) is 0 Å². The maximum absolute atomic E-state index is 6.21. The lowest BCUT2D eigenvalue weighted by Gasteiger charge is -2.24. The number of nitrogens with zero attached hydrogens (tertiary/aromatic N) is 4. The van der Waals surface area contributed by atoms with Crippen LogP contribution in [0, 0.1) is 0 Å². The SMILES string of the molecule is C=CCC(C)(C)c1nc2c(Cl)ncnc2n1C[C@@H]1CCCO1. The number of allylic oxidation sites excluding steroid dienone is 1. The number of hydrogen-bond acceptors (Lipinski definition) is 4. The van der Waals surface area contributed by atoms with Gasteiger partial charge in [0.25, 0.3) is 0 Å². The zero-order chi connectivity index (χ0) is 15.7. The minimum Gasteiger partial charge on any atom is -0.376 e. The minimum atomic E-state index is -0.148. The van der Waals surface area contributed by atoms with Gasteiger partial charge >= 0.3 is 0 Å². The molecule has 0 spiro atoms. The topological polar surface area (TPSA) is 52.8 Å². The van der Waals surface area contributed by atoms with Crippen molar-refractivity contribution in [2.24, 2.45) is 0 Å². The molecule has 22 heavy (non-hydrogen) atoms. The summed E-state index contributed by atoms with van der Waals surface area (Å²) in [5.41, 5.74) is 1.29. The number of hydrogen-bond donors (Lipinski definition) is 0. The van der Waals surface area contributed by atoms with Crippen molar-refractivity contribution in [3.8, 4) is 0 Å². The van der Waals surface area contributed by atoms with Gasteiger partial charge in [-0.3, -0.25) is 0 Å². The van der Waals surface area contributed by atoms with Crippen molar-refractivity contribution in [1.82, 2.24) is 19.5 Å². The summed E-state index contributed by atoms with van der Waals surface area (Å²) < 4.78 is 7.93. The van der Waals surface area contributed by atoms with E-state index in [-0.39, 0.29) is 11.5 Å². The smallest absolute Gasteiger partial charge is 0.165 e. The lowest BCUT2D eigenvalue weighted by molar-refractivity contribution is 0.0963. The Morgan fingerprint density at radius 2 is 2.32 bits per heavy atom. The molecule has 1 atom stereocenters. The zero-order valence-corrected chi connectivity index (χ0v) is 13.8. The Kier molecular flexibility index (Phi) is 4.19. The molecule has 0 radical (unpaired) electrons. The third-order valence-electron chi connectivity index (χ3n) is 4.16. The van der Waals surface area contributed by atoms with Gasteiger partial charge < -0.3 is 9.30 Å². The average Bonchev–Trinajstić information content (AvgIpc) is 3.09. The van der Waals surface area contributed by atoms with E-state index in [1.54, 1.807) is 0 Å². The van der Waals surface area contributed by atoms with E-state index in [0.717, 1.165) is 43.9 Å². The second kappa shape index (κ2) is 5.97. The molecule has 3 rings (SSSR count). The summed E-state index contributed by atoms with van der Waals surface area (Å²) in [5, 5.41) is 0.395. The fourth-order valence-electron chi connectivity index (χ4n) is 3.04. The lowest BCUT2D eigenvalue weighted by atomic mass is 9.88. The van der Waals surface area contributed by atoms with E-state index in [2.05, 4.69) is 35.0 Å². The Labute approximate surface area is 135 Å². The monoisotopic (exact) mass is 320 g/mol. The summed E-state index contributed by atoms with van der Waals surface area (Å²) in [6.45, 7) is 9.75. The highest BCUT2D eigenvalue weighted by atomic mass is 35.5. The quantitative estimate of drug-likeness (QED) is 0.625. The molecule has 0 amide bonds. The first-order chi connectivity index (χ1) is 10.5. The molecule has 1 fully saturated rings. The first-order valence-electron chi connectivity index (χ1n) is 7.62. The van der Waals surface area contributed by atoms with E-state index in [1.165, 1.54) is 6.33 Å². The van der Waals surface area contributed by atoms with Crippen LogP contribution in [-0.2, 0) is 16.7 Å². The molecule has 3 heterocycles. The largest absolute Gasteiger partial charge is 0.376 e. The predicted molar refractivity (Wildman–Crippen MR) is 87.1 cm³/mol. The molecule has 118 valence electrons. The highest BCUT2D eigenvalue weighted by Gasteiger charge is 2.30. The fraction of sp³-hybridized carbons (Fsp3) is 0.562. The first kappa shape index (κ1) is 15.4. The Balaban J connectivity index is 2.12. The van der Waals surface area contributed by atoms with Crippen LogP contribution in [0.5, 0.6) is 0 Å². The van der Waals surface area contributed by atoms with Crippen LogP contribution < -0.4 is 0 Å². The second-order valence-corrected chi connectivity index (χ2v) is 6.75. The standard InChI is InChI=1S/C16H21ClN4O/c1-4-7-16(2,3)15-20-12-13(17)18-10-19-14(12)21(15)9-11-6-5-8-22-11/h4,10-11H,1,5-9H2,2-3H3/t11-/m0/s1. The molecule has 1 aliphatic heterocycles. The number of fused-ring (bicyclic) bond motifs is 1. The van der Waals surface area contributed by atoms with E-state index in [4.69, 9.17) is 21.3 Å². The van der Waals surface area contributed by atoms with E-state index in [1.807, 2.05) is 6.08 Å². The van der Waals surface area contributed by atoms with E-state index in [9.17, 15) is 0 Å². The third-order valence-corrected chi connectivity index (χ3v) is 4.43. The molecule has 0 bridgehead atoms. The van der Waals surface area contributed by atoms with Gasteiger partial charge in [-0.05, 0) is 19.3 Å². The van der Waals surface area contributed by atoms with Crippen molar-refractivity contribution < 1.29 is 4.74 Å². The summed E-state index contributed by atoms with van der Waals surface area (Å²) >= 11 is 6.21. The van der Waals surface area contributed by atoms with Crippen LogP contribution in [0.2, 0.25) is 5.15 Å². The summed E-state index contributed by atoms with van der Waals surface area (Å²) in [5.74, 6) is 0.959. The number of imidazole rings is 1. The highest BCUT2D eigenvalue weighted by Crippen LogP contribution is 2.32. The number of ether oxygens (including phenoxy) is 1. The van der Waals surface area contributed by atoms with Crippen LogP contribution in [-0.4, -0.2) is 32.2 Å². The molecule has 1 saturated heterocycles. The Bertz CT molecular complexity index is 689. The normalized spacial score (nSPS) is 19.0. The first-order valence-corrected chi connectivity index (χ1v) is 8.00. The highest BCUT2D eigenvalue weighted by molar-refractivity contribution is 6.33. The third kappa shape index (κ3) is 2.75. The van der Waals surface area contributed by atoms with Crippen LogP contribution in [0.1, 0.15) is 38.9 Å². The molecule has 0 saturated carbocycles. The number of rotatable bonds is 5. The van der Waals surface area contributed by atoms with Gasteiger partial charge in [0.15, 0.2) is 10.8 Å². The summed E-state index contributed by atoms with van der Waals surface area (Å²) in [6, 6.07) is 0. The molecule has 0 unspecified atom stereocenters. The molecule has 0 aliphatic carbocycles. The van der Waals surface area contributed by atoms with Gasteiger partial charge in [0, 0.05) is 12.0 Å². The van der Waals surface area contributed by atoms with Gasteiger partial charge in [-0.2, -0.15) is 0 Å². The van der Waals surface area contributed by atoms with Crippen molar-refractivity contribution in [3.05, 3.63) is 30.0 Å². The molecule has 0 aromatic carbocycles. The van der Waals surface area contributed by atoms with E-state index >= 15 is 0 Å². The average molecular weight is 321 g/mol. The van der Waals surface area contributed by atoms with E-state index in [0.29, 0.717) is 10.7 Å². The predicted octanol–water partition coefficient (Wildman–Crippen LogP) is 3.51. The van der Waals surface area contributed by atoms with Gasteiger partial charge in [0.1, 0.15) is 17.7 Å². The molecular weight excluding hydrogens is 300 g/mol. The van der Waals surface area contributed by atoms with Gasteiger partial charge in [-0.15, -0.1) is 6.58 Å². The lowest BCUT2D eigenvalue weighted by Crippen LogP contribution is -2.26. The van der Waals surface area contributed by atoms with Crippen LogP contribution in [0.15, 0.2) is 19.0 Å². The van der Waals surface area contributed by atoms with Crippen molar-refractivity contribution in [2.75, 3.05) is 6.61 Å². The van der Waals surface area contributed by atoms with Crippen LogP contribution in [0.4, 0.5) is 0 Å². The number of aromatic nitrogens is 4. The number of halogens is 1. The second-order valence-electron chi connectivity index (χ2n) is 6.39. The fourth-order valence-corrected chi connectivity index (χ4v) is 3.21. The maximum atomic E-state index is 6.21. The van der Waals surface area contributed by atoms with Gasteiger partial charge in [-0.25, -0.2) is 15.0 Å². The molecule has 1 aliphatic rings. The van der Waals surface area contributed by atoms with Gasteiger partial charge in [0.05, 0.1) is 12.6 Å². The molecule has 2 aromatic rings. The van der Waals surface area contributed by atoms with Gasteiger partial charge in [-0.1, -0.05) is 31.5 Å². The molecule has 0 N–H and O–H groups in total. The van der Waals surface area contributed by atoms with Crippen molar-refractivity contribution in [2.45, 2.75) is 51.2 Å². The molecular formula is C16H21ClN4O. The summed E-state index contributed by atoms with van der Waals surface area (Å²) in [4.78, 5) is 13.2. The van der Waals surface area contributed by atoms with Crippen LogP contribution in [0.3, 0.4) is 0 Å². The molecule has 6 heteroatoms. The Hall–Kier alpha value is -1.46. The van der Waals surface area contributed by atoms with Gasteiger partial charge in [0.2, 0.25) is 0 Å². The zero-order valence-electron chi connectivity index (χ0n) is 13.0. The maximum Gasteiger partial charge on any atom is 0.165 e.